The minimum atomic E-state index is -0.460. The highest BCUT2D eigenvalue weighted by atomic mass is 32.1. The van der Waals surface area contributed by atoms with Crippen LogP contribution in [0, 0.1) is 0 Å². The van der Waals surface area contributed by atoms with Gasteiger partial charge in [0, 0.05) is 29.6 Å². The summed E-state index contributed by atoms with van der Waals surface area (Å²) in [7, 11) is 0. The third kappa shape index (κ3) is 3.94. The molecule has 0 fully saturated rings. The molecule has 4 aromatic rings. The lowest BCUT2D eigenvalue weighted by Gasteiger charge is -2.25. The summed E-state index contributed by atoms with van der Waals surface area (Å²) in [5, 5.41) is 1.99. The first-order valence-corrected chi connectivity index (χ1v) is 10.9. The van der Waals surface area contributed by atoms with Gasteiger partial charge in [0.2, 0.25) is 5.91 Å². The van der Waals surface area contributed by atoms with E-state index in [0.717, 1.165) is 10.6 Å². The third-order valence-corrected chi connectivity index (χ3v) is 6.02. The minimum Gasteiger partial charge on any atom is -0.486 e. The molecular formula is C23H20N2O5S. The molecule has 0 radical (unpaired) electrons. The first-order valence-electron chi connectivity index (χ1n) is 10.00. The molecular weight excluding hydrogens is 416 g/mol. The third-order valence-electron chi connectivity index (χ3n) is 5.16. The molecule has 2 aromatic carbocycles. The van der Waals surface area contributed by atoms with Crippen molar-refractivity contribution >= 4 is 34.0 Å². The van der Waals surface area contributed by atoms with Crippen molar-refractivity contribution in [2.45, 2.75) is 19.5 Å². The summed E-state index contributed by atoms with van der Waals surface area (Å²) in [4.78, 5) is 28.3. The largest absolute Gasteiger partial charge is 0.486 e. The van der Waals surface area contributed by atoms with E-state index in [-0.39, 0.29) is 18.9 Å². The average molecular weight is 436 g/mol. The van der Waals surface area contributed by atoms with E-state index in [1.54, 1.807) is 22.3 Å². The van der Waals surface area contributed by atoms with Gasteiger partial charge in [0.25, 0.3) is 0 Å². The van der Waals surface area contributed by atoms with Crippen LogP contribution in [0.5, 0.6) is 11.5 Å². The number of aryl methyl sites for hydroxylation is 1. The lowest BCUT2D eigenvalue weighted by atomic mass is 10.2. The molecule has 0 bridgehead atoms. The Hall–Kier alpha value is -3.52. The van der Waals surface area contributed by atoms with Gasteiger partial charge in [0.1, 0.15) is 13.2 Å². The van der Waals surface area contributed by atoms with E-state index in [1.165, 1.54) is 4.57 Å². The topological polar surface area (TPSA) is 73.9 Å². The monoisotopic (exact) mass is 436 g/mol. The summed E-state index contributed by atoms with van der Waals surface area (Å²) in [6, 6.07) is 16.7. The van der Waals surface area contributed by atoms with Gasteiger partial charge in [-0.3, -0.25) is 9.36 Å². The van der Waals surface area contributed by atoms with Gasteiger partial charge < -0.3 is 18.8 Å². The van der Waals surface area contributed by atoms with Gasteiger partial charge in [-0.2, -0.15) is 0 Å². The lowest BCUT2D eigenvalue weighted by Crippen LogP contribution is -2.31. The molecule has 0 spiro atoms. The number of aromatic nitrogens is 1. The predicted octanol–water partition coefficient (Wildman–Crippen LogP) is 4.05. The molecule has 158 valence electrons. The van der Waals surface area contributed by atoms with Crippen LogP contribution in [0.3, 0.4) is 0 Å². The molecule has 8 heteroatoms. The van der Waals surface area contributed by atoms with Crippen LogP contribution >= 0.6 is 11.3 Å². The van der Waals surface area contributed by atoms with Crippen LogP contribution in [0.15, 0.2) is 69.2 Å². The Morgan fingerprint density at radius 1 is 1.03 bits per heavy atom. The van der Waals surface area contributed by atoms with Crippen molar-refractivity contribution in [2.75, 3.05) is 18.1 Å². The van der Waals surface area contributed by atoms with Gasteiger partial charge in [-0.05, 0) is 35.7 Å². The van der Waals surface area contributed by atoms with Crippen molar-refractivity contribution < 1.29 is 18.7 Å². The van der Waals surface area contributed by atoms with E-state index >= 15 is 0 Å². The number of hydrogen-bond donors (Lipinski definition) is 0. The lowest BCUT2D eigenvalue weighted by molar-refractivity contribution is -0.119. The average Bonchev–Trinajstić information content (AvgIpc) is 3.42. The molecule has 3 heterocycles. The van der Waals surface area contributed by atoms with Gasteiger partial charge >= 0.3 is 5.76 Å². The maximum absolute atomic E-state index is 13.3. The first kappa shape index (κ1) is 19.4. The number of benzene rings is 2. The Balaban J connectivity index is 1.41. The van der Waals surface area contributed by atoms with Crippen LogP contribution in [0.4, 0.5) is 5.69 Å². The van der Waals surface area contributed by atoms with Crippen molar-refractivity contribution in [3.05, 3.63) is 75.4 Å². The van der Waals surface area contributed by atoms with Gasteiger partial charge in [0.05, 0.1) is 12.1 Å². The summed E-state index contributed by atoms with van der Waals surface area (Å²) in [6.07, 6.45) is 0.156. The van der Waals surface area contributed by atoms with Crippen LogP contribution in [-0.4, -0.2) is 23.7 Å². The normalized spacial score (nSPS) is 12.8. The molecule has 1 aliphatic heterocycles. The van der Waals surface area contributed by atoms with E-state index in [9.17, 15) is 9.59 Å². The highest BCUT2D eigenvalue weighted by molar-refractivity contribution is 7.09. The number of amides is 1. The van der Waals surface area contributed by atoms with Crippen LogP contribution in [-0.2, 0) is 17.9 Å². The number of hydrogen-bond acceptors (Lipinski definition) is 6. The maximum atomic E-state index is 13.3. The van der Waals surface area contributed by atoms with Crippen molar-refractivity contribution in [3.63, 3.8) is 0 Å². The summed E-state index contributed by atoms with van der Waals surface area (Å²) >= 11 is 1.59. The molecule has 1 amide bonds. The first-order chi connectivity index (χ1) is 15.2. The molecule has 0 aliphatic carbocycles. The molecule has 2 aromatic heterocycles. The van der Waals surface area contributed by atoms with Crippen molar-refractivity contribution in [1.29, 1.82) is 0 Å². The second kappa shape index (κ2) is 8.31. The molecule has 0 N–H and O–H groups in total. The second-order valence-corrected chi connectivity index (χ2v) is 8.16. The van der Waals surface area contributed by atoms with Gasteiger partial charge in [-0.1, -0.05) is 18.2 Å². The number of anilines is 1. The standard InChI is InChI=1S/C23H20N2O5S/c26-22(9-10-24-18-5-1-2-6-19(18)30-23(24)27)25(15-17-4-3-13-31-17)16-7-8-20-21(14-16)29-12-11-28-20/h1-8,13-14H,9-12,15H2. The second-order valence-electron chi connectivity index (χ2n) is 7.12. The molecule has 0 unspecified atom stereocenters. The Kier molecular flexibility index (Phi) is 5.21. The molecule has 0 saturated heterocycles. The molecule has 5 rings (SSSR count). The van der Waals surface area contributed by atoms with Crippen LogP contribution < -0.4 is 20.1 Å². The van der Waals surface area contributed by atoms with Crippen LogP contribution in [0.1, 0.15) is 11.3 Å². The Bertz CT molecular complexity index is 1270. The van der Waals surface area contributed by atoms with E-state index in [1.807, 2.05) is 53.9 Å². The van der Waals surface area contributed by atoms with E-state index < -0.39 is 5.76 Å². The van der Waals surface area contributed by atoms with Crippen LogP contribution in [0.25, 0.3) is 11.1 Å². The number of carbonyl (C=O) groups excluding carboxylic acids is 1. The highest BCUT2D eigenvalue weighted by Crippen LogP contribution is 2.35. The van der Waals surface area contributed by atoms with E-state index in [2.05, 4.69) is 0 Å². The summed E-state index contributed by atoms with van der Waals surface area (Å²) < 4.78 is 18.1. The quantitative estimate of drug-likeness (QED) is 0.456. The number of oxazole rings is 1. The number of thiophene rings is 1. The van der Waals surface area contributed by atoms with Gasteiger partial charge in [-0.15, -0.1) is 11.3 Å². The summed E-state index contributed by atoms with van der Waals surface area (Å²) in [5.41, 5.74) is 1.93. The smallest absolute Gasteiger partial charge is 0.419 e. The molecule has 0 saturated carbocycles. The zero-order chi connectivity index (χ0) is 21.2. The molecule has 0 atom stereocenters. The van der Waals surface area contributed by atoms with E-state index in [4.69, 9.17) is 13.9 Å². The number of nitrogens with zero attached hydrogens (tertiary/aromatic N) is 2. The number of rotatable bonds is 6. The Morgan fingerprint density at radius 2 is 1.87 bits per heavy atom. The van der Waals surface area contributed by atoms with Crippen molar-refractivity contribution in [3.8, 4) is 11.5 Å². The zero-order valence-corrected chi connectivity index (χ0v) is 17.5. The fourth-order valence-electron chi connectivity index (χ4n) is 3.65. The predicted molar refractivity (Wildman–Crippen MR) is 118 cm³/mol. The summed E-state index contributed by atoms with van der Waals surface area (Å²) in [6.45, 7) is 1.67. The fourth-order valence-corrected chi connectivity index (χ4v) is 4.34. The minimum absolute atomic E-state index is 0.0951. The van der Waals surface area contributed by atoms with Gasteiger partial charge in [0.15, 0.2) is 17.1 Å². The van der Waals surface area contributed by atoms with Crippen molar-refractivity contribution in [1.82, 2.24) is 4.57 Å². The Labute approximate surface area is 182 Å². The SMILES string of the molecule is O=C(CCn1c(=O)oc2ccccc21)N(Cc1cccs1)c1ccc2c(c1)OCCO2. The zero-order valence-electron chi connectivity index (χ0n) is 16.7. The molecule has 7 nitrogen and oxygen atoms in total. The summed E-state index contributed by atoms with van der Waals surface area (Å²) in [5.74, 6) is 0.750. The van der Waals surface area contributed by atoms with Crippen molar-refractivity contribution in [2.24, 2.45) is 0 Å². The maximum Gasteiger partial charge on any atom is 0.419 e. The Morgan fingerprint density at radius 3 is 2.71 bits per heavy atom. The number of fused-ring (bicyclic) bond motifs is 2. The molecule has 1 aliphatic rings. The molecule has 31 heavy (non-hydrogen) atoms. The number of carbonyl (C=O) groups is 1. The number of ether oxygens (including phenoxy) is 2. The number of para-hydroxylation sites is 2. The van der Waals surface area contributed by atoms with Gasteiger partial charge in [-0.25, -0.2) is 4.79 Å². The highest BCUT2D eigenvalue weighted by Gasteiger charge is 2.21. The van der Waals surface area contributed by atoms with Crippen LogP contribution in [0.2, 0.25) is 0 Å². The van der Waals surface area contributed by atoms with E-state index in [0.29, 0.717) is 42.4 Å². The fraction of sp³-hybridized carbons (Fsp3) is 0.217.